The van der Waals surface area contributed by atoms with E-state index in [2.05, 4.69) is 5.32 Å². The molecule has 0 atom stereocenters. The van der Waals surface area contributed by atoms with Gasteiger partial charge in [0, 0.05) is 29.5 Å². The van der Waals surface area contributed by atoms with E-state index in [0.717, 1.165) is 16.7 Å². The van der Waals surface area contributed by atoms with E-state index >= 15 is 0 Å². The van der Waals surface area contributed by atoms with E-state index in [1.807, 2.05) is 63.2 Å². The maximum atomic E-state index is 12.2. The number of hydrogen-bond donors (Lipinski definition) is 2. The number of amides is 1. The molecular formula is C21H28N2O4. The summed E-state index contributed by atoms with van der Waals surface area (Å²) in [4.78, 5) is 12.2. The van der Waals surface area contributed by atoms with Crippen molar-refractivity contribution >= 4 is 17.5 Å². The summed E-state index contributed by atoms with van der Waals surface area (Å²) in [6.07, 6.45) is -0.514. The van der Waals surface area contributed by atoms with E-state index in [-0.39, 0.29) is 0 Å². The molecule has 6 nitrogen and oxygen atoms in total. The minimum Gasteiger partial charge on any atom is -0.444 e. The zero-order valence-electron chi connectivity index (χ0n) is 16.4. The quantitative estimate of drug-likeness (QED) is 0.700. The van der Waals surface area contributed by atoms with Gasteiger partial charge in [-0.15, -0.1) is 0 Å². The van der Waals surface area contributed by atoms with E-state index < -0.39 is 11.7 Å². The lowest BCUT2D eigenvalue weighted by molar-refractivity contribution is 0.0634. The summed E-state index contributed by atoms with van der Waals surface area (Å²) in [5.41, 5.74) is 9.32. The van der Waals surface area contributed by atoms with Crippen molar-refractivity contribution in [3.63, 3.8) is 0 Å². The lowest BCUT2D eigenvalue weighted by atomic mass is 10.1. The molecule has 0 spiro atoms. The second kappa shape index (κ2) is 9.39. The first-order valence-electron chi connectivity index (χ1n) is 8.81. The van der Waals surface area contributed by atoms with Crippen LogP contribution in [0.2, 0.25) is 0 Å². The van der Waals surface area contributed by atoms with E-state index in [9.17, 15) is 4.79 Å². The van der Waals surface area contributed by atoms with E-state index in [1.165, 1.54) is 0 Å². The Morgan fingerprint density at radius 3 is 2.19 bits per heavy atom. The summed E-state index contributed by atoms with van der Waals surface area (Å²) >= 11 is 0. The first-order valence-corrected chi connectivity index (χ1v) is 8.81. The summed E-state index contributed by atoms with van der Waals surface area (Å²) in [7, 11) is 1.61. The largest absolute Gasteiger partial charge is 0.444 e. The molecule has 0 aromatic heterocycles. The average molecular weight is 372 g/mol. The minimum atomic E-state index is -0.582. The van der Waals surface area contributed by atoms with Gasteiger partial charge in [-0.25, -0.2) is 4.79 Å². The molecule has 0 saturated carbocycles. The molecule has 2 aromatic rings. The van der Waals surface area contributed by atoms with Crippen LogP contribution in [0.4, 0.5) is 16.2 Å². The number of benzene rings is 2. The molecule has 0 saturated heterocycles. The molecule has 146 valence electrons. The summed E-state index contributed by atoms with van der Waals surface area (Å²) in [6.45, 7) is 6.53. The van der Waals surface area contributed by atoms with Gasteiger partial charge in [-0.2, -0.15) is 0 Å². The number of carbonyl (C=O) groups excluding carboxylic acids is 1. The Kier molecular flexibility index (Phi) is 7.21. The highest BCUT2D eigenvalue weighted by molar-refractivity contribution is 5.87. The van der Waals surface area contributed by atoms with Crippen molar-refractivity contribution in [1.29, 1.82) is 0 Å². The highest BCUT2D eigenvalue weighted by Crippen LogP contribution is 2.25. The molecule has 0 aliphatic carbocycles. The molecule has 0 bridgehead atoms. The molecule has 0 aliphatic rings. The number of carbonyl (C=O) groups is 1. The molecule has 0 unspecified atom stereocenters. The predicted octanol–water partition coefficient (Wildman–Crippen LogP) is 4.48. The van der Waals surface area contributed by atoms with Gasteiger partial charge >= 0.3 is 6.09 Å². The van der Waals surface area contributed by atoms with Gasteiger partial charge in [0.1, 0.15) is 5.60 Å². The molecule has 27 heavy (non-hydrogen) atoms. The maximum absolute atomic E-state index is 12.2. The second-order valence-corrected chi connectivity index (χ2v) is 7.20. The van der Waals surface area contributed by atoms with E-state index in [0.29, 0.717) is 31.2 Å². The smallest absolute Gasteiger partial charge is 0.412 e. The number of rotatable bonds is 7. The van der Waals surface area contributed by atoms with Gasteiger partial charge in [-0.1, -0.05) is 36.4 Å². The fourth-order valence-electron chi connectivity index (χ4n) is 2.55. The van der Waals surface area contributed by atoms with Crippen LogP contribution < -0.4 is 11.1 Å². The number of para-hydroxylation sites is 2. The molecule has 0 radical (unpaired) electrons. The van der Waals surface area contributed by atoms with Crippen LogP contribution in [0.1, 0.15) is 37.5 Å². The van der Waals surface area contributed by atoms with Crippen LogP contribution in [0.3, 0.4) is 0 Å². The lowest BCUT2D eigenvalue weighted by Gasteiger charge is -2.22. The molecule has 0 heterocycles. The van der Waals surface area contributed by atoms with Crippen molar-refractivity contribution < 1.29 is 19.0 Å². The van der Waals surface area contributed by atoms with E-state index in [1.54, 1.807) is 7.11 Å². The number of nitrogens with two attached hydrogens (primary N) is 1. The third-order valence-corrected chi connectivity index (χ3v) is 3.73. The molecule has 2 rings (SSSR count). The van der Waals surface area contributed by atoms with Crippen molar-refractivity contribution in [2.75, 3.05) is 18.2 Å². The highest BCUT2D eigenvalue weighted by atomic mass is 16.6. The molecule has 6 heteroatoms. The third kappa shape index (κ3) is 6.58. The minimum absolute atomic E-state index is 0.316. The summed E-state index contributed by atoms with van der Waals surface area (Å²) in [6, 6.07) is 13.3. The molecule has 2 aromatic carbocycles. The fraction of sp³-hybridized carbons (Fsp3) is 0.381. The third-order valence-electron chi connectivity index (χ3n) is 3.73. The fourth-order valence-corrected chi connectivity index (χ4v) is 2.55. The Labute approximate surface area is 160 Å². The Morgan fingerprint density at radius 2 is 1.56 bits per heavy atom. The van der Waals surface area contributed by atoms with Gasteiger partial charge < -0.3 is 19.9 Å². The van der Waals surface area contributed by atoms with Crippen LogP contribution in [0.25, 0.3) is 0 Å². The number of anilines is 2. The zero-order chi connectivity index (χ0) is 19.9. The van der Waals surface area contributed by atoms with Crippen molar-refractivity contribution in [3.05, 3.63) is 59.2 Å². The van der Waals surface area contributed by atoms with Crippen LogP contribution in [-0.2, 0) is 34.0 Å². The normalized spacial score (nSPS) is 11.3. The Morgan fingerprint density at radius 1 is 0.963 bits per heavy atom. The monoisotopic (exact) mass is 372 g/mol. The maximum Gasteiger partial charge on any atom is 0.412 e. The standard InChI is InChI=1S/C21H28N2O4/c1-21(2,3)27-20(24)23-19-16(12-25-4)9-7-10-17(19)14-26-13-15-8-5-6-11-18(15)22/h5-11H,12-14,22H2,1-4H3,(H,23,24). The Bertz CT molecular complexity index is 769. The summed E-state index contributed by atoms with van der Waals surface area (Å²) < 4.78 is 16.4. The lowest BCUT2D eigenvalue weighted by Crippen LogP contribution is -2.28. The van der Waals surface area contributed by atoms with Crippen molar-refractivity contribution in [2.45, 2.75) is 46.2 Å². The van der Waals surface area contributed by atoms with Crippen LogP contribution in [-0.4, -0.2) is 18.8 Å². The predicted molar refractivity (Wildman–Crippen MR) is 106 cm³/mol. The number of nitrogens with one attached hydrogen (secondary N) is 1. The van der Waals surface area contributed by atoms with E-state index in [4.69, 9.17) is 19.9 Å². The van der Waals surface area contributed by atoms with Gasteiger partial charge in [-0.3, -0.25) is 5.32 Å². The highest BCUT2D eigenvalue weighted by Gasteiger charge is 2.19. The van der Waals surface area contributed by atoms with Crippen molar-refractivity contribution in [2.24, 2.45) is 0 Å². The zero-order valence-corrected chi connectivity index (χ0v) is 16.4. The van der Waals surface area contributed by atoms with Crippen molar-refractivity contribution in [3.8, 4) is 0 Å². The van der Waals surface area contributed by atoms with Crippen LogP contribution in [0, 0.1) is 0 Å². The van der Waals surface area contributed by atoms with Gasteiger partial charge in [0.05, 0.1) is 25.5 Å². The van der Waals surface area contributed by atoms with Gasteiger partial charge in [-0.05, 0) is 26.8 Å². The first kappa shape index (κ1) is 20.7. The van der Waals surface area contributed by atoms with Crippen LogP contribution in [0.15, 0.2) is 42.5 Å². The average Bonchev–Trinajstić information content (AvgIpc) is 2.57. The SMILES string of the molecule is COCc1cccc(COCc2ccccc2N)c1NC(=O)OC(C)(C)C. The molecular weight excluding hydrogens is 344 g/mol. The van der Waals surface area contributed by atoms with Crippen LogP contribution in [0.5, 0.6) is 0 Å². The molecule has 1 amide bonds. The molecule has 0 fully saturated rings. The van der Waals surface area contributed by atoms with Crippen molar-refractivity contribution in [1.82, 2.24) is 0 Å². The van der Waals surface area contributed by atoms with Gasteiger partial charge in [0.25, 0.3) is 0 Å². The first-order chi connectivity index (χ1) is 12.8. The molecule has 0 aliphatic heterocycles. The topological polar surface area (TPSA) is 82.8 Å². The number of methoxy groups -OCH3 is 1. The molecule has 3 N–H and O–H groups in total. The number of ether oxygens (including phenoxy) is 3. The van der Waals surface area contributed by atoms with Crippen LogP contribution >= 0.6 is 0 Å². The van der Waals surface area contributed by atoms with Gasteiger partial charge in [0.15, 0.2) is 0 Å². The Hall–Kier alpha value is -2.57. The summed E-state index contributed by atoms with van der Waals surface area (Å²) in [5, 5.41) is 2.83. The summed E-state index contributed by atoms with van der Waals surface area (Å²) in [5.74, 6) is 0. The number of hydrogen-bond acceptors (Lipinski definition) is 5. The van der Waals surface area contributed by atoms with Gasteiger partial charge in [0.2, 0.25) is 0 Å². The number of nitrogen functional groups attached to an aromatic ring is 1. The Balaban J connectivity index is 2.13. The second-order valence-electron chi connectivity index (χ2n) is 7.20.